The molecule has 0 aliphatic heterocycles. The van der Waals surface area contributed by atoms with E-state index in [0.29, 0.717) is 0 Å². The molecule has 0 aromatic rings. The Morgan fingerprint density at radius 3 is 1.03 bits per heavy atom. The number of phosphoric ester groups is 3. The van der Waals surface area contributed by atoms with Crippen molar-refractivity contribution in [3.8, 4) is 0 Å². The van der Waals surface area contributed by atoms with Gasteiger partial charge in [-0.15, -0.1) is 0 Å². The lowest BCUT2D eigenvalue weighted by atomic mass is 9.90. The summed E-state index contributed by atoms with van der Waals surface area (Å²) < 4.78 is 62.0. The minimum absolute atomic E-state index is 1.19. The van der Waals surface area contributed by atoms with E-state index in [1.54, 1.807) is 0 Å². The maximum Gasteiger partial charge on any atom is 0.470 e. The van der Waals surface area contributed by atoms with Crippen LogP contribution in [-0.2, 0) is 71.5 Å². The van der Waals surface area contributed by atoms with Crippen molar-refractivity contribution in [2.75, 3.05) is 0 Å². The highest BCUT2D eigenvalue weighted by Gasteiger charge is 2.58. The standard InChI is InChI=1S/C6H18O24P6/c7-22-25-28-31-4-2(20-35(13,14)15)1(19-34(10,11)12)3(21-36(16,17)18)5(32-29-26-23-8)6(4)33-30-27-24-9/h1-9,31-33H,(H2,10,11,12)(H2,13,14,15)(H2,16,17,18)/t1-,2-,3-,4+,5-,6-/m0/s1. The highest BCUT2D eigenvalue weighted by atomic mass is 31.2. The molecule has 1 aliphatic carbocycles. The second-order valence-corrected chi connectivity index (χ2v) is 12.6. The first-order valence-corrected chi connectivity index (χ1v) is 15.6. The number of rotatable bonds is 18. The maximum atomic E-state index is 11.6. The van der Waals surface area contributed by atoms with E-state index in [-0.39, 0.29) is 0 Å². The summed E-state index contributed by atoms with van der Waals surface area (Å²) in [4.78, 5) is 56.1. The molecule has 3 unspecified atom stereocenters. The van der Waals surface area contributed by atoms with Crippen molar-refractivity contribution in [1.29, 1.82) is 0 Å². The van der Waals surface area contributed by atoms with Gasteiger partial charge in [-0.05, 0) is 30.2 Å². The molecule has 24 nitrogen and oxygen atoms in total. The Labute approximate surface area is 202 Å². The number of hydrogen-bond acceptors (Lipinski definition) is 18. The minimum Gasteiger partial charge on any atom is -0.303 e. The van der Waals surface area contributed by atoms with Crippen LogP contribution in [0.15, 0.2) is 0 Å². The topological polar surface area (TPSA) is 344 Å². The molecule has 0 bridgehead atoms. The van der Waals surface area contributed by atoms with Gasteiger partial charge in [-0.1, -0.05) is 0 Å². The van der Waals surface area contributed by atoms with Crippen molar-refractivity contribution < 1.29 is 117 Å². The molecule has 0 saturated heterocycles. The van der Waals surface area contributed by atoms with E-state index in [4.69, 9.17) is 15.8 Å². The first-order chi connectivity index (χ1) is 16.6. The van der Waals surface area contributed by atoms with Gasteiger partial charge in [0.25, 0.3) is 0 Å². The van der Waals surface area contributed by atoms with E-state index in [1.165, 1.54) is 0 Å². The quantitative estimate of drug-likeness (QED) is 0.0382. The van der Waals surface area contributed by atoms with Crippen LogP contribution in [0, 0.1) is 0 Å². The lowest BCUT2D eigenvalue weighted by Gasteiger charge is -2.48. The summed E-state index contributed by atoms with van der Waals surface area (Å²) in [5.41, 5.74) is -4.76. The second-order valence-electron chi connectivity index (χ2n) is 5.79. The molecule has 0 aromatic carbocycles. The van der Waals surface area contributed by atoms with Crippen LogP contribution in [0.1, 0.15) is 0 Å². The fourth-order valence-corrected chi connectivity index (χ4v) is 8.41. The fourth-order valence-electron chi connectivity index (χ4n) is 2.77. The fraction of sp³-hybridized carbons (Fsp3) is 1.00. The summed E-state index contributed by atoms with van der Waals surface area (Å²) in [5, 5.41) is 45.9. The van der Waals surface area contributed by atoms with E-state index < -0.39 is 85.2 Å². The molecule has 0 radical (unpaired) electrons. The third-order valence-corrected chi connectivity index (χ3v) is 9.28. The normalized spacial score (nSPS) is 28.9. The van der Waals surface area contributed by atoms with E-state index >= 15 is 0 Å². The van der Waals surface area contributed by atoms with Crippen LogP contribution in [0.25, 0.3) is 0 Å². The van der Waals surface area contributed by atoms with Crippen LogP contribution >= 0.6 is 49.9 Å². The van der Waals surface area contributed by atoms with Crippen LogP contribution in [0.5, 0.6) is 0 Å². The molecule has 1 fully saturated rings. The van der Waals surface area contributed by atoms with Crippen LogP contribution < -0.4 is 0 Å². The average Bonchev–Trinajstić information content (AvgIpc) is 2.72. The maximum absolute atomic E-state index is 11.6. The van der Waals surface area contributed by atoms with Crippen LogP contribution in [0.2, 0.25) is 0 Å². The van der Waals surface area contributed by atoms with Gasteiger partial charge >= 0.3 is 23.5 Å². The SMILES string of the molecule is O=P(O)(O)O[C@H]1[C@H](OP(=O)(O)O)[C@@H](POOOO)[C@H](POOOO)[C@@H](POOOO)[C@H]1OP(=O)(O)O. The molecule has 36 heavy (non-hydrogen) atoms. The number of hydrogen-bond donors (Lipinski definition) is 9. The predicted octanol–water partition coefficient (Wildman–Crippen LogP) is -0.622. The second kappa shape index (κ2) is 16.4. The highest BCUT2D eigenvalue weighted by molar-refractivity contribution is 7.47. The van der Waals surface area contributed by atoms with Crippen LogP contribution in [0.4, 0.5) is 0 Å². The lowest BCUT2D eigenvalue weighted by molar-refractivity contribution is -0.593. The zero-order valence-corrected chi connectivity index (χ0v) is 22.1. The first kappa shape index (κ1) is 35.2. The molecule has 1 rings (SSSR count). The Balaban J connectivity index is 3.68. The van der Waals surface area contributed by atoms with E-state index in [9.17, 15) is 43.1 Å². The van der Waals surface area contributed by atoms with Crippen molar-refractivity contribution in [3.05, 3.63) is 0 Å². The van der Waals surface area contributed by atoms with Gasteiger partial charge in [0, 0.05) is 17.0 Å². The molecule has 9 atom stereocenters. The van der Waals surface area contributed by atoms with Gasteiger partial charge < -0.3 is 29.4 Å². The van der Waals surface area contributed by atoms with Crippen LogP contribution in [-0.4, -0.2) is 80.4 Å². The summed E-state index contributed by atoms with van der Waals surface area (Å²) in [6.45, 7) is 0. The molecule has 216 valence electrons. The summed E-state index contributed by atoms with van der Waals surface area (Å²) in [5.74, 6) is 0. The molecule has 30 heteroatoms. The van der Waals surface area contributed by atoms with E-state index in [2.05, 4.69) is 57.8 Å². The third kappa shape index (κ3) is 13.5. The van der Waals surface area contributed by atoms with Crippen LogP contribution in [0.3, 0.4) is 0 Å². The van der Waals surface area contributed by atoms with Gasteiger partial charge in [0.15, 0.2) is 0 Å². The smallest absolute Gasteiger partial charge is 0.303 e. The molecule has 0 aromatic heterocycles. The monoisotopic (exact) mass is 660 g/mol. The molecular weight excluding hydrogens is 642 g/mol. The molecule has 1 aliphatic rings. The Hall–Kier alpha value is 1.14. The summed E-state index contributed by atoms with van der Waals surface area (Å²) >= 11 is 0. The molecule has 0 amide bonds. The van der Waals surface area contributed by atoms with Gasteiger partial charge in [-0.3, -0.25) is 13.6 Å². The van der Waals surface area contributed by atoms with Gasteiger partial charge in [0.1, 0.15) is 18.3 Å². The Morgan fingerprint density at radius 2 is 0.750 bits per heavy atom. The van der Waals surface area contributed by atoms with Gasteiger partial charge in [-0.25, -0.2) is 29.5 Å². The minimum atomic E-state index is -5.64. The van der Waals surface area contributed by atoms with Crippen molar-refractivity contribution in [2.24, 2.45) is 0 Å². The Kier molecular flexibility index (Phi) is 16.0. The third-order valence-electron chi connectivity index (χ3n) is 3.65. The lowest BCUT2D eigenvalue weighted by Crippen LogP contribution is -2.61. The summed E-state index contributed by atoms with van der Waals surface area (Å²) in [6, 6.07) is 0. The van der Waals surface area contributed by atoms with Crippen molar-refractivity contribution in [3.63, 3.8) is 0 Å². The molecule has 1 saturated carbocycles. The average molecular weight is 660 g/mol. The first-order valence-electron chi connectivity index (χ1n) is 8.03. The van der Waals surface area contributed by atoms with E-state index in [1.807, 2.05) is 0 Å². The molecule has 0 spiro atoms. The largest absolute Gasteiger partial charge is 0.470 e. The Morgan fingerprint density at radius 1 is 0.472 bits per heavy atom. The number of phosphoric acid groups is 3. The van der Waals surface area contributed by atoms with E-state index in [0.717, 1.165) is 0 Å². The summed E-state index contributed by atoms with van der Waals surface area (Å²) in [7, 11) is -20.6. The van der Waals surface area contributed by atoms with Crippen molar-refractivity contribution in [2.45, 2.75) is 35.3 Å². The van der Waals surface area contributed by atoms with Crippen molar-refractivity contribution in [1.82, 2.24) is 0 Å². The van der Waals surface area contributed by atoms with Gasteiger partial charge in [-0.2, -0.15) is 14.0 Å². The Bertz CT molecular complexity index is 716. The van der Waals surface area contributed by atoms with Crippen molar-refractivity contribution >= 4 is 49.9 Å². The molecule has 9 N–H and O–H groups in total. The highest BCUT2D eigenvalue weighted by Crippen LogP contribution is 2.58. The summed E-state index contributed by atoms with van der Waals surface area (Å²) in [6.07, 6.45) is -6.99. The van der Waals surface area contributed by atoms with Gasteiger partial charge in [0.2, 0.25) is 0 Å². The van der Waals surface area contributed by atoms with Gasteiger partial charge in [0.05, 0.1) is 26.4 Å². The predicted molar refractivity (Wildman–Crippen MR) is 105 cm³/mol. The molecular formula is C6H18O24P6. The zero-order chi connectivity index (χ0) is 27.6. The molecule has 0 heterocycles. The zero-order valence-electron chi connectivity index (χ0n) is 16.5.